The Morgan fingerprint density at radius 3 is 2.75 bits per heavy atom. The Morgan fingerprint density at radius 1 is 1.25 bits per heavy atom. The quantitative estimate of drug-likeness (QED) is 0.591. The SMILES string of the molecule is COC(=O)C1=C(N)OC2=C(C(=O)CC(C)(C)C2)[C@@H]1c1ccc(COc2cccc(Br)c2)o1. The molecule has 1 aliphatic carbocycles. The summed E-state index contributed by atoms with van der Waals surface area (Å²) in [7, 11) is 1.26. The normalized spacial score (nSPS) is 20.0. The van der Waals surface area contributed by atoms with Gasteiger partial charge >= 0.3 is 5.97 Å². The predicted octanol–water partition coefficient (Wildman–Crippen LogP) is 4.72. The van der Waals surface area contributed by atoms with E-state index in [1.807, 2.05) is 38.1 Å². The maximum atomic E-state index is 13.1. The van der Waals surface area contributed by atoms with E-state index in [1.165, 1.54) is 7.11 Å². The van der Waals surface area contributed by atoms with Crippen molar-refractivity contribution in [3.05, 3.63) is 75.2 Å². The zero-order chi connectivity index (χ0) is 23.0. The summed E-state index contributed by atoms with van der Waals surface area (Å²) in [5, 5.41) is 0. The van der Waals surface area contributed by atoms with Gasteiger partial charge in [-0.1, -0.05) is 35.8 Å². The molecule has 8 heteroatoms. The van der Waals surface area contributed by atoms with Crippen LogP contribution in [-0.4, -0.2) is 18.9 Å². The van der Waals surface area contributed by atoms with E-state index in [1.54, 1.807) is 12.1 Å². The van der Waals surface area contributed by atoms with Crippen molar-refractivity contribution in [2.45, 2.75) is 39.2 Å². The zero-order valence-corrected chi connectivity index (χ0v) is 19.7. The lowest BCUT2D eigenvalue weighted by molar-refractivity contribution is -0.136. The molecule has 0 saturated heterocycles. The van der Waals surface area contributed by atoms with Crippen molar-refractivity contribution in [1.29, 1.82) is 0 Å². The number of methoxy groups -OCH3 is 1. The van der Waals surface area contributed by atoms with Crippen molar-refractivity contribution in [3.8, 4) is 5.75 Å². The van der Waals surface area contributed by atoms with Crippen molar-refractivity contribution < 1.29 is 28.2 Å². The third-order valence-electron chi connectivity index (χ3n) is 5.50. The topological polar surface area (TPSA) is 101 Å². The van der Waals surface area contributed by atoms with Crippen molar-refractivity contribution in [3.63, 3.8) is 0 Å². The first kappa shape index (κ1) is 22.2. The molecule has 2 aromatic rings. The second-order valence-corrected chi connectivity index (χ2v) is 9.55. The molecule has 0 saturated carbocycles. The van der Waals surface area contributed by atoms with E-state index < -0.39 is 11.9 Å². The zero-order valence-electron chi connectivity index (χ0n) is 18.1. The summed E-state index contributed by atoms with van der Waals surface area (Å²) < 4.78 is 23.4. The van der Waals surface area contributed by atoms with Crippen LogP contribution in [0.3, 0.4) is 0 Å². The van der Waals surface area contributed by atoms with Gasteiger partial charge in [0.2, 0.25) is 5.88 Å². The third kappa shape index (κ3) is 4.32. The van der Waals surface area contributed by atoms with E-state index in [4.69, 9.17) is 24.4 Å². The summed E-state index contributed by atoms with van der Waals surface area (Å²) in [5.41, 5.74) is 6.31. The average Bonchev–Trinajstić information content (AvgIpc) is 3.18. The van der Waals surface area contributed by atoms with E-state index >= 15 is 0 Å². The molecule has 0 radical (unpaired) electrons. The number of hydrogen-bond donors (Lipinski definition) is 1. The molecule has 0 bridgehead atoms. The monoisotopic (exact) mass is 501 g/mol. The smallest absolute Gasteiger partial charge is 0.340 e. The highest BCUT2D eigenvalue weighted by atomic mass is 79.9. The fraction of sp³-hybridized carbons (Fsp3) is 0.333. The lowest BCUT2D eigenvalue weighted by atomic mass is 9.71. The molecule has 1 atom stereocenters. The molecule has 4 rings (SSSR count). The molecule has 1 aromatic carbocycles. The number of nitrogens with two attached hydrogens (primary N) is 1. The number of benzene rings is 1. The Morgan fingerprint density at radius 2 is 2.03 bits per heavy atom. The molecule has 0 spiro atoms. The maximum absolute atomic E-state index is 13.1. The van der Waals surface area contributed by atoms with E-state index in [-0.39, 0.29) is 29.3 Å². The van der Waals surface area contributed by atoms with Gasteiger partial charge in [0.15, 0.2) is 5.78 Å². The number of esters is 1. The number of ether oxygens (including phenoxy) is 3. The minimum atomic E-state index is -0.797. The van der Waals surface area contributed by atoms with Crippen molar-refractivity contribution >= 4 is 27.7 Å². The van der Waals surface area contributed by atoms with Gasteiger partial charge in [-0.15, -0.1) is 0 Å². The van der Waals surface area contributed by atoms with Gasteiger partial charge < -0.3 is 24.4 Å². The summed E-state index contributed by atoms with van der Waals surface area (Å²) in [5.74, 6) is 0.467. The second kappa shape index (κ2) is 8.50. The van der Waals surface area contributed by atoms with E-state index in [2.05, 4.69) is 15.9 Å². The minimum absolute atomic E-state index is 0.0631. The van der Waals surface area contributed by atoms with Crippen LogP contribution in [-0.2, 0) is 25.7 Å². The summed E-state index contributed by atoms with van der Waals surface area (Å²) in [4.78, 5) is 25.7. The minimum Gasteiger partial charge on any atom is -0.486 e. The number of ketones is 1. The molecule has 1 aliphatic heterocycles. The number of rotatable bonds is 5. The lowest BCUT2D eigenvalue weighted by Crippen LogP contribution is -2.35. The molecule has 2 aliphatic rings. The molecule has 7 nitrogen and oxygen atoms in total. The summed E-state index contributed by atoms with van der Waals surface area (Å²) in [6.45, 7) is 4.17. The van der Waals surface area contributed by atoms with Crippen LogP contribution in [0.2, 0.25) is 0 Å². The molecule has 2 N–H and O–H groups in total. The highest BCUT2D eigenvalue weighted by molar-refractivity contribution is 9.10. The van der Waals surface area contributed by atoms with Crippen molar-refractivity contribution in [2.75, 3.05) is 7.11 Å². The standard InChI is InChI=1S/C24H24BrNO6/c1-24(2)10-16(27)19-18(11-24)32-22(26)21(23(28)29-3)20(19)17-8-7-15(31-17)12-30-14-6-4-5-13(25)9-14/h4-9,20H,10-12,26H2,1-3H3/t20-/m0/s1. The highest BCUT2D eigenvalue weighted by Crippen LogP contribution is 2.48. The Bertz CT molecular complexity index is 1140. The molecule has 1 aromatic heterocycles. The van der Waals surface area contributed by atoms with E-state index in [9.17, 15) is 9.59 Å². The molecule has 2 heterocycles. The van der Waals surface area contributed by atoms with Crippen LogP contribution in [0.5, 0.6) is 5.75 Å². The number of halogens is 1. The van der Waals surface area contributed by atoms with E-state index in [0.717, 1.165) is 4.47 Å². The first-order valence-corrected chi connectivity index (χ1v) is 11.0. The van der Waals surface area contributed by atoms with Gasteiger partial charge in [0, 0.05) is 22.9 Å². The van der Waals surface area contributed by atoms with Crippen LogP contribution in [0.25, 0.3) is 0 Å². The average molecular weight is 502 g/mol. The Labute approximate surface area is 194 Å². The second-order valence-electron chi connectivity index (χ2n) is 8.63. The van der Waals surface area contributed by atoms with Crippen molar-refractivity contribution in [2.24, 2.45) is 11.1 Å². The predicted molar refractivity (Wildman–Crippen MR) is 119 cm³/mol. The number of furan rings is 1. The van der Waals surface area contributed by atoms with Gasteiger partial charge in [0.25, 0.3) is 0 Å². The van der Waals surface area contributed by atoms with Crippen LogP contribution >= 0.6 is 15.9 Å². The Hall–Kier alpha value is -3.00. The Balaban J connectivity index is 1.68. The molecule has 0 fully saturated rings. The largest absolute Gasteiger partial charge is 0.486 e. The third-order valence-corrected chi connectivity index (χ3v) is 6.00. The highest BCUT2D eigenvalue weighted by Gasteiger charge is 2.46. The number of hydrogen-bond acceptors (Lipinski definition) is 7. The lowest BCUT2D eigenvalue weighted by Gasteiger charge is -2.37. The molecule has 0 unspecified atom stereocenters. The van der Waals surface area contributed by atoms with Crippen LogP contribution in [0.4, 0.5) is 0 Å². The van der Waals surface area contributed by atoms with E-state index in [0.29, 0.717) is 41.4 Å². The molecular weight excluding hydrogens is 478 g/mol. The fourth-order valence-corrected chi connectivity index (χ4v) is 4.49. The van der Waals surface area contributed by atoms with Gasteiger partial charge in [0.1, 0.15) is 35.2 Å². The summed E-state index contributed by atoms with van der Waals surface area (Å²) >= 11 is 3.41. The molecule has 0 amide bonds. The first-order valence-electron chi connectivity index (χ1n) is 10.2. The first-order chi connectivity index (χ1) is 15.2. The van der Waals surface area contributed by atoms with Gasteiger partial charge in [-0.05, 0) is 35.7 Å². The molecular formula is C24H24BrNO6. The van der Waals surface area contributed by atoms with Crippen molar-refractivity contribution in [1.82, 2.24) is 0 Å². The summed E-state index contributed by atoms with van der Waals surface area (Å²) in [6.07, 6.45) is 0.860. The van der Waals surface area contributed by atoms with Crippen LogP contribution in [0.1, 0.15) is 44.1 Å². The van der Waals surface area contributed by atoms with Crippen LogP contribution in [0.15, 0.2) is 68.1 Å². The molecule has 32 heavy (non-hydrogen) atoms. The number of carbonyl (C=O) groups is 2. The number of allylic oxidation sites excluding steroid dienone is 2. The number of Topliss-reactive ketones (excluding diaryl/α,β-unsaturated/α-hetero) is 1. The summed E-state index contributed by atoms with van der Waals surface area (Å²) in [6, 6.07) is 10.9. The maximum Gasteiger partial charge on any atom is 0.340 e. The van der Waals surface area contributed by atoms with Gasteiger partial charge in [-0.3, -0.25) is 4.79 Å². The van der Waals surface area contributed by atoms with Crippen LogP contribution in [0, 0.1) is 5.41 Å². The van der Waals surface area contributed by atoms with Gasteiger partial charge in [0.05, 0.1) is 13.0 Å². The van der Waals surface area contributed by atoms with Gasteiger partial charge in [-0.2, -0.15) is 0 Å². The molecule has 168 valence electrons. The van der Waals surface area contributed by atoms with Gasteiger partial charge in [-0.25, -0.2) is 4.79 Å². The number of carbonyl (C=O) groups excluding carboxylic acids is 2. The Kier molecular flexibility index (Phi) is 5.90. The van der Waals surface area contributed by atoms with Crippen LogP contribution < -0.4 is 10.5 Å². The fourth-order valence-electron chi connectivity index (χ4n) is 4.12.